The van der Waals surface area contributed by atoms with Crippen molar-refractivity contribution < 1.29 is 9.59 Å². The zero-order chi connectivity index (χ0) is 17.1. The summed E-state index contributed by atoms with van der Waals surface area (Å²) in [7, 11) is 0. The molecule has 3 nitrogen and oxygen atoms in total. The first-order chi connectivity index (χ1) is 11.7. The van der Waals surface area contributed by atoms with Crippen molar-refractivity contribution in [1.82, 2.24) is 4.90 Å². The minimum atomic E-state index is -0.506. The molecule has 0 N–H and O–H groups in total. The maximum Gasteiger partial charge on any atom is 0.232 e. The van der Waals surface area contributed by atoms with Crippen LogP contribution in [-0.4, -0.2) is 29.6 Å². The van der Waals surface area contributed by atoms with Crippen LogP contribution in [0.25, 0.3) is 5.57 Å². The highest BCUT2D eigenvalue weighted by Crippen LogP contribution is 2.41. The molecule has 0 saturated heterocycles. The highest BCUT2D eigenvalue weighted by molar-refractivity contribution is 6.59. The van der Waals surface area contributed by atoms with Gasteiger partial charge in [0.05, 0.1) is 11.5 Å². The Labute approximate surface area is 142 Å². The minimum Gasteiger partial charge on any atom is -0.374 e. The number of carbonyl (C=O) groups is 2. The summed E-state index contributed by atoms with van der Waals surface area (Å²) in [6.45, 7) is 5.61. The highest BCUT2D eigenvalue weighted by Gasteiger charge is 2.43. The van der Waals surface area contributed by atoms with Gasteiger partial charge in [0.25, 0.3) is 0 Å². The molecule has 1 aliphatic rings. The largest absolute Gasteiger partial charge is 0.374 e. The van der Waals surface area contributed by atoms with E-state index in [0.29, 0.717) is 5.57 Å². The van der Waals surface area contributed by atoms with Crippen LogP contribution in [0.2, 0.25) is 0 Å². The van der Waals surface area contributed by atoms with E-state index < -0.39 is 5.92 Å². The molecule has 0 bridgehead atoms. The maximum absolute atomic E-state index is 12.8. The van der Waals surface area contributed by atoms with Crippen molar-refractivity contribution in [3.8, 4) is 0 Å². The number of nitrogens with zero attached hydrogens (tertiary/aromatic N) is 1. The summed E-state index contributed by atoms with van der Waals surface area (Å²) in [5.74, 6) is -1.22. The molecule has 0 spiro atoms. The second-order valence-electron chi connectivity index (χ2n) is 5.84. The number of likely N-dealkylation sites (N-methyl/N-ethyl adjacent to an activating group) is 1. The second kappa shape index (κ2) is 6.83. The molecule has 0 heterocycles. The van der Waals surface area contributed by atoms with Crippen molar-refractivity contribution in [3.63, 3.8) is 0 Å². The van der Waals surface area contributed by atoms with E-state index >= 15 is 0 Å². The summed E-state index contributed by atoms with van der Waals surface area (Å²) in [4.78, 5) is 27.7. The topological polar surface area (TPSA) is 37.4 Å². The molecular formula is C21H21NO2. The average Bonchev–Trinajstić information content (AvgIpc) is 2.89. The van der Waals surface area contributed by atoms with E-state index in [0.717, 1.165) is 29.9 Å². The van der Waals surface area contributed by atoms with Gasteiger partial charge in [-0.15, -0.1) is 0 Å². The molecular weight excluding hydrogens is 298 g/mol. The van der Waals surface area contributed by atoms with Crippen LogP contribution in [-0.2, 0) is 9.59 Å². The van der Waals surface area contributed by atoms with E-state index in [1.165, 1.54) is 0 Å². The Morgan fingerprint density at radius 3 is 1.92 bits per heavy atom. The van der Waals surface area contributed by atoms with E-state index in [1.54, 1.807) is 0 Å². The summed E-state index contributed by atoms with van der Waals surface area (Å²) >= 11 is 0. The van der Waals surface area contributed by atoms with E-state index in [1.807, 2.05) is 60.7 Å². The Morgan fingerprint density at radius 1 is 0.833 bits per heavy atom. The molecule has 0 amide bonds. The van der Waals surface area contributed by atoms with Gasteiger partial charge in [0, 0.05) is 18.8 Å². The van der Waals surface area contributed by atoms with Gasteiger partial charge >= 0.3 is 0 Å². The van der Waals surface area contributed by atoms with E-state index in [9.17, 15) is 9.59 Å². The molecule has 0 aliphatic heterocycles. The number of ketones is 2. The molecule has 2 aromatic rings. The van der Waals surface area contributed by atoms with Gasteiger partial charge in [0.1, 0.15) is 0 Å². The van der Waals surface area contributed by atoms with Crippen molar-refractivity contribution in [2.75, 3.05) is 13.1 Å². The van der Waals surface area contributed by atoms with Gasteiger partial charge in [-0.25, -0.2) is 0 Å². The zero-order valence-electron chi connectivity index (χ0n) is 14.0. The predicted molar refractivity (Wildman–Crippen MR) is 95.5 cm³/mol. The predicted octanol–water partition coefficient (Wildman–Crippen LogP) is 3.68. The number of rotatable bonds is 5. The van der Waals surface area contributed by atoms with Crippen molar-refractivity contribution >= 4 is 17.1 Å². The maximum atomic E-state index is 12.8. The van der Waals surface area contributed by atoms with Gasteiger partial charge in [-0.2, -0.15) is 0 Å². The van der Waals surface area contributed by atoms with E-state index in [2.05, 4.69) is 18.7 Å². The Kier molecular flexibility index (Phi) is 4.61. The Balaban J connectivity index is 2.24. The lowest BCUT2D eigenvalue weighted by Gasteiger charge is -2.28. The number of allylic oxidation sites excluding steroid dienone is 2. The molecule has 1 unspecified atom stereocenters. The Hall–Kier alpha value is -2.68. The van der Waals surface area contributed by atoms with Crippen LogP contribution >= 0.6 is 0 Å². The first-order valence-electron chi connectivity index (χ1n) is 8.37. The molecule has 24 heavy (non-hydrogen) atoms. The van der Waals surface area contributed by atoms with Gasteiger partial charge in [0.2, 0.25) is 11.6 Å². The number of Topliss-reactive ketones (excluding diaryl/α,β-unsaturated/α-hetero) is 2. The molecule has 0 saturated carbocycles. The van der Waals surface area contributed by atoms with Crippen LogP contribution in [0.5, 0.6) is 0 Å². The number of carbonyl (C=O) groups excluding carboxylic acids is 2. The number of hydrogen-bond donors (Lipinski definition) is 0. The van der Waals surface area contributed by atoms with Gasteiger partial charge in [-0.1, -0.05) is 60.7 Å². The smallest absolute Gasteiger partial charge is 0.232 e. The first kappa shape index (κ1) is 16.2. The lowest BCUT2D eigenvalue weighted by Crippen LogP contribution is -2.27. The standard InChI is InChI=1S/C21H21NO2/c1-3-22(4-2)19-17(15-11-7-5-8-12-15)20(23)21(24)18(19)16-13-9-6-10-14-16/h5-14,17H,3-4H2,1-2H3. The van der Waals surface area contributed by atoms with Crippen molar-refractivity contribution in [3.05, 3.63) is 77.5 Å². The third kappa shape index (κ3) is 2.67. The van der Waals surface area contributed by atoms with Crippen molar-refractivity contribution in [2.24, 2.45) is 0 Å². The summed E-state index contributed by atoms with van der Waals surface area (Å²) in [5, 5.41) is 0. The van der Waals surface area contributed by atoms with Crippen LogP contribution in [0, 0.1) is 0 Å². The molecule has 3 heteroatoms. The lowest BCUT2D eigenvalue weighted by atomic mass is 9.94. The number of hydrogen-bond acceptors (Lipinski definition) is 3. The normalized spacial score (nSPS) is 17.5. The van der Waals surface area contributed by atoms with Gasteiger partial charge < -0.3 is 4.90 Å². The molecule has 0 aromatic heterocycles. The fraction of sp³-hybridized carbons (Fsp3) is 0.238. The monoisotopic (exact) mass is 319 g/mol. The summed E-state index contributed by atoms with van der Waals surface area (Å²) < 4.78 is 0. The first-order valence-corrected chi connectivity index (χ1v) is 8.37. The lowest BCUT2D eigenvalue weighted by molar-refractivity contribution is -0.133. The van der Waals surface area contributed by atoms with Gasteiger partial charge in [-0.3, -0.25) is 9.59 Å². The van der Waals surface area contributed by atoms with Crippen LogP contribution in [0.4, 0.5) is 0 Å². The highest BCUT2D eigenvalue weighted by atomic mass is 16.2. The molecule has 0 fully saturated rings. The summed E-state index contributed by atoms with van der Waals surface area (Å²) in [6.07, 6.45) is 0. The van der Waals surface area contributed by atoms with Gasteiger partial charge in [0.15, 0.2) is 0 Å². The van der Waals surface area contributed by atoms with E-state index in [-0.39, 0.29) is 11.6 Å². The third-order valence-electron chi connectivity index (χ3n) is 4.54. The van der Waals surface area contributed by atoms with Crippen LogP contribution < -0.4 is 0 Å². The fourth-order valence-corrected chi connectivity index (χ4v) is 3.38. The number of benzene rings is 2. The molecule has 1 aliphatic carbocycles. The Morgan fingerprint density at radius 2 is 1.38 bits per heavy atom. The second-order valence-corrected chi connectivity index (χ2v) is 5.84. The van der Waals surface area contributed by atoms with Crippen molar-refractivity contribution in [1.29, 1.82) is 0 Å². The van der Waals surface area contributed by atoms with E-state index in [4.69, 9.17) is 0 Å². The summed E-state index contributed by atoms with van der Waals surface area (Å²) in [6, 6.07) is 19.1. The fourth-order valence-electron chi connectivity index (χ4n) is 3.38. The molecule has 0 radical (unpaired) electrons. The van der Waals surface area contributed by atoms with Crippen LogP contribution in [0.1, 0.15) is 30.9 Å². The minimum absolute atomic E-state index is 0.332. The van der Waals surface area contributed by atoms with Crippen LogP contribution in [0.3, 0.4) is 0 Å². The zero-order valence-corrected chi connectivity index (χ0v) is 14.0. The summed E-state index contributed by atoms with van der Waals surface area (Å²) in [5.41, 5.74) is 3.09. The quantitative estimate of drug-likeness (QED) is 0.789. The SMILES string of the molecule is CCN(CC)C1=C(c2ccccc2)C(=O)C(=O)C1c1ccccc1. The van der Waals surface area contributed by atoms with Gasteiger partial charge in [-0.05, 0) is 25.0 Å². The molecule has 122 valence electrons. The molecule has 1 atom stereocenters. The van der Waals surface area contributed by atoms with Crippen molar-refractivity contribution in [2.45, 2.75) is 19.8 Å². The Bertz CT molecular complexity index is 774. The van der Waals surface area contributed by atoms with Crippen LogP contribution in [0.15, 0.2) is 66.4 Å². The average molecular weight is 319 g/mol. The molecule has 2 aromatic carbocycles. The third-order valence-corrected chi connectivity index (χ3v) is 4.54. The molecule has 3 rings (SSSR count).